The molecule has 0 radical (unpaired) electrons. The van der Waals surface area contributed by atoms with Crippen molar-refractivity contribution in [2.24, 2.45) is 0 Å². The molecule has 0 aromatic heterocycles. The lowest BCUT2D eigenvalue weighted by atomic mass is 10.2. The molecule has 0 aliphatic carbocycles. The van der Waals surface area contributed by atoms with Gasteiger partial charge in [0.25, 0.3) is 0 Å². The molecule has 5 heteroatoms. The molecule has 3 aromatic carbocycles. The smallest absolute Gasteiger partial charge is 0.122 e. The van der Waals surface area contributed by atoms with Gasteiger partial charge in [-0.25, -0.2) is 0 Å². The van der Waals surface area contributed by atoms with Crippen LogP contribution in [-0.2, 0) is 11.3 Å². The van der Waals surface area contributed by atoms with Crippen LogP contribution in [0.4, 0.5) is 5.69 Å². The second-order valence-electron chi connectivity index (χ2n) is 6.38. The highest BCUT2D eigenvalue weighted by atomic mass is 16.5. The fourth-order valence-corrected chi connectivity index (χ4v) is 2.68. The summed E-state index contributed by atoms with van der Waals surface area (Å²) >= 11 is 0. The molecule has 5 nitrogen and oxygen atoms in total. The summed E-state index contributed by atoms with van der Waals surface area (Å²) in [4.78, 5) is 0. The molecule has 3 aromatic rings. The number of methoxy groups -OCH3 is 1. The maximum Gasteiger partial charge on any atom is 0.122 e. The number of benzene rings is 3. The Balaban J connectivity index is 1.39. The highest BCUT2D eigenvalue weighted by Gasteiger charge is 2.00. The Morgan fingerprint density at radius 3 is 1.97 bits per heavy atom. The first-order chi connectivity index (χ1) is 14.3. The zero-order valence-electron chi connectivity index (χ0n) is 16.7. The normalized spacial score (nSPS) is 10.4. The van der Waals surface area contributed by atoms with Crippen molar-refractivity contribution in [1.29, 1.82) is 0 Å². The molecule has 0 heterocycles. The van der Waals surface area contributed by atoms with Crippen molar-refractivity contribution in [3.63, 3.8) is 0 Å². The Kier molecular flexibility index (Phi) is 8.23. The van der Waals surface area contributed by atoms with Gasteiger partial charge in [-0.15, -0.1) is 0 Å². The predicted octanol–water partition coefficient (Wildman–Crippen LogP) is 4.78. The first-order valence-corrected chi connectivity index (χ1v) is 9.69. The molecule has 1 N–H and O–H groups in total. The standard InChI is InChI=1S/C24H27NO4/c1-26-14-15-29-24-9-5-6-21(18-24)25-19-20-10-12-23(13-11-20)28-17-16-27-22-7-3-2-4-8-22/h2-13,18,25H,14-17,19H2,1H3. The van der Waals surface area contributed by atoms with Gasteiger partial charge in [-0.3, -0.25) is 0 Å². The third kappa shape index (κ3) is 7.39. The van der Waals surface area contributed by atoms with E-state index in [2.05, 4.69) is 17.4 Å². The van der Waals surface area contributed by atoms with Gasteiger partial charge < -0.3 is 24.3 Å². The summed E-state index contributed by atoms with van der Waals surface area (Å²) < 4.78 is 22.0. The maximum absolute atomic E-state index is 5.74. The summed E-state index contributed by atoms with van der Waals surface area (Å²) in [5.74, 6) is 2.51. The van der Waals surface area contributed by atoms with E-state index < -0.39 is 0 Å². The lowest BCUT2D eigenvalue weighted by Gasteiger charge is -2.11. The summed E-state index contributed by atoms with van der Waals surface area (Å²) in [6.45, 7) is 2.85. The van der Waals surface area contributed by atoms with E-state index in [0.29, 0.717) is 26.4 Å². The Hall–Kier alpha value is -3.18. The van der Waals surface area contributed by atoms with Crippen molar-refractivity contribution >= 4 is 5.69 Å². The van der Waals surface area contributed by atoms with Crippen molar-refractivity contribution in [2.75, 3.05) is 38.9 Å². The SMILES string of the molecule is COCCOc1cccc(NCc2ccc(OCCOc3ccccc3)cc2)c1. The Labute approximate surface area is 172 Å². The Bertz CT molecular complexity index is 837. The van der Waals surface area contributed by atoms with Crippen molar-refractivity contribution in [1.82, 2.24) is 0 Å². The molecule has 0 aliphatic rings. The minimum atomic E-state index is 0.502. The van der Waals surface area contributed by atoms with E-state index in [1.165, 1.54) is 5.56 Å². The van der Waals surface area contributed by atoms with Crippen LogP contribution in [0, 0.1) is 0 Å². The fourth-order valence-electron chi connectivity index (χ4n) is 2.68. The lowest BCUT2D eigenvalue weighted by molar-refractivity contribution is 0.146. The molecule has 0 fully saturated rings. The zero-order valence-corrected chi connectivity index (χ0v) is 16.7. The number of hydrogen-bond donors (Lipinski definition) is 1. The topological polar surface area (TPSA) is 49.0 Å². The first-order valence-electron chi connectivity index (χ1n) is 9.69. The van der Waals surface area contributed by atoms with E-state index in [9.17, 15) is 0 Å². The predicted molar refractivity (Wildman–Crippen MR) is 115 cm³/mol. The molecular weight excluding hydrogens is 366 g/mol. The molecule has 0 aliphatic heterocycles. The van der Waals surface area contributed by atoms with Gasteiger partial charge in [-0.2, -0.15) is 0 Å². The summed E-state index contributed by atoms with van der Waals surface area (Å²) in [7, 11) is 1.66. The quantitative estimate of drug-likeness (QED) is 0.449. The molecule has 0 spiro atoms. The third-order valence-electron chi connectivity index (χ3n) is 4.17. The molecule has 29 heavy (non-hydrogen) atoms. The molecule has 3 rings (SSSR count). The van der Waals surface area contributed by atoms with Gasteiger partial charge in [0.1, 0.15) is 37.1 Å². The Morgan fingerprint density at radius 1 is 0.621 bits per heavy atom. The number of rotatable bonds is 12. The van der Waals surface area contributed by atoms with Crippen LogP contribution < -0.4 is 19.5 Å². The van der Waals surface area contributed by atoms with Crippen LogP contribution >= 0.6 is 0 Å². The van der Waals surface area contributed by atoms with Crippen LogP contribution in [0.3, 0.4) is 0 Å². The highest BCUT2D eigenvalue weighted by molar-refractivity contribution is 5.48. The second-order valence-corrected chi connectivity index (χ2v) is 6.38. The van der Waals surface area contributed by atoms with Gasteiger partial charge >= 0.3 is 0 Å². The molecular formula is C24H27NO4. The van der Waals surface area contributed by atoms with E-state index in [1.807, 2.05) is 66.7 Å². The van der Waals surface area contributed by atoms with Gasteiger partial charge in [0.15, 0.2) is 0 Å². The third-order valence-corrected chi connectivity index (χ3v) is 4.17. The monoisotopic (exact) mass is 393 g/mol. The summed E-state index contributed by atoms with van der Waals surface area (Å²) in [5, 5.41) is 3.41. The number of para-hydroxylation sites is 1. The summed E-state index contributed by atoms with van der Waals surface area (Å²) in [6, 6.07) is 25.7. The first kappa shape index (κ1) is 20.6. The fraction of sp³-hybridized carbons (Fsp3) is 0.250. The zero-order chi connectivity index (χ0) is 20.2. The minimum Gasteiger partial charge on any atom is -0.491 e. The van der Waals surface area contributed by atoms with Crippen LogP contribution in [0.1, 0.15) is 5.56 Å². The summed E-state index contributed by atoms with van der Waals surface area (Å²) in [5.41, 5.74) is 2.18. The molecule has 0 bridgehead atoms. The van der Waals surface area contributed by atoms with E-state index in [0.717, 1.165) is 29.5 Å². The number of anilines is 1. The van der Waals surface area contributed by atoms with Crippen LogP contribution in [0.15, 0.2) is 78.9 Å². The van der Waals surface area contributed by atoms with Gasteiger partial charge in [-0.1, -0.05) is 36.4 Å². The molecule has 152 valence electrons. The molecule has 0 amide bonds. The highest BCUT2D eigenvalue weighted by Crippen LogP contribution is 2.19. The lowest BCUT2D eigenvalue weighted by Crippen LogP contribution is -2.09. The average molecular weight is 393 g/mol. The number of hydrogen-bond acceptors (Lipinski definition) is 5. The Morgan fingerprint density at radius 2 is 1.24 bits per heavy atom. The van der Waals surface area contributed by atoms with E-state index >= 15 is 0 Å². The van der Waals surface area contributed by atoms with E-state index in [4.69, 9.17) is 18.9 Å². The summed E-state index contributed by atoms with van der Waals surface area (Å²) in [6.07, 6.45) is 0. The van der Waals surface area contributed by atoms with Crippen molar-refractivity contribution in [3.8, 4) is 17.2 Å². The van der Waals surface area contributed by atoms with Crippen LogP contribution in [0.2, 0.25) is 0 Å². The van der Waals surface area contributed by atoms with Gasteiger partial charge in [0.2, 0.25) is 0 Å². The molecule has 0 saturated heterocycles. The van der Waals surface area contributed by atoms with Gasteiger partial charge in [-0.05, 0) is 42.0 Å². The molecule has 0 unspecified atom stereocenters. The number of nitrogens with one attached hydrogen (secondary N) is 1. The van der Waals surface area contributed by atoms with Gasteiger partial charge in [0.05, 0.1) is 6.61 Å². The van der Waals surface area contributed by atoms with E-state index in [1.54, 1.807) is 7.11 Å². The van der Waals surface area contributed by atoms with Crippen LogP contribution in [0.5, 0.6) is 17.2 Å². The molecule has 0 saturated carbocycles. The van der Waals surface area contributed by atoms with Gasteiger partial charge in [0, 0.05) is 25.4 Å². The second kappa shape index (κ2) is 11.6. The van der Waals surface area contributed by atoms with Crippen LogP contribution in [-0.4, -0.2) is 33.5 Å². The van der Waals surface area contributed by atoms with Crippen molar-refractivity contribution < 1.29 is 18.9 Å². The van der Waals surface area contributed by atoms with Crippen molar-refractivity contribution in [3.05, 3.63) is 84.4 Å². The molecule has 0 atom stereocenters. The minimum absolute atomic E-state index is 0.502. The average Bonchev–Trinajstić information content (AvgIpc) is 2.77. The number of ether oxygens (including phenoxy) is 4. The van der Waals surface area contributed by atoms with Crippen LogP contribution in [0.25, 0.3) is 0 Å². The largest absolute Gasteiger partial charge is 0.491 e. The maximum atomic E-state index is 5.74. The van der Waals surface area contributed by atoms with Crippen molar-refractivity contribution in [2.45, 2.75) is 6.54 Å². The van der Waals surface area contributed by atoms with E-state index in [-0.39, 0.29) is 0 Å².